The molecule has 0 saturated heterocycles. The number of para-hydroxylation sites is 1. The van der Waals surface area contributed by atoms with Crippen molar-refractivity contribution in [3.8, 4) is 0 Å². The molecule has 2 heterocycles. The van der Waals surface area contributed by atoms with E-state index in [2.05, 4.69) is 20.7 Å². The van der Waals surface area contributed by atoms with Crippen LogP contribution in [0.25, 0.3) is 10.9 Å². The first-order valence-electron chi connectivity index (χ1n) is 5.85. The van der Waals surface area contributed by atoms with Crippen molar-refractivity contribution in [2.45, 2.75) is 0 Å². The standard InChI is InChI=1S/C13H11N5OS/c14-18-11-7-9(8-3-1-2-4-10(8)16-11)12(19)17-13-15-5-6-20-13/h1-7H,14H2,(H,16,18)(H,15,17,19). The van der Waals surface area contributed by atoms with Gasteiger partial charge in [0.1, 0.15) is 5.82 Å². The van der Waals surface area contributed by atoms with E-state index in [-0.39, 0.29) is 5.91 Å². The summed E-state index contributed by atoms with van der Waals surface area (Å²) in [7, 11) is 0. The fourth-order valence-electron chi connectivity index (χ4n) is 1.89. The average Bonchev–Trinajstić information content (AvgIpc) is 2.98. The summed E-state index contributed by atoms with van der Waals surface area (Å²) in [5, 5.41) is 5.87. The summed E-state index contributed by atoms with van der Waals surface area (Å²) in [6.45, 7) is 0. The predicted octanol–water partition coefficient (Wildman–Crippen LogP) is 2.23. The maximum atomic E-state index is 12.4. The molecule has 6 nitrogen and oxygen atoms in total. The van der Waals surface area contributed by atoms with Crippen LogP contribution in [0.1, 0.15) is 10.4 Å². The first kappa shape index (κ1) is 12.5. The Kier molecular flexibility index (Phi) is 3.28. The second kappa shape index (κ2) is 5.24. The summed E-state index contributed by atoms with van der Waals surface area (Å²) in [6, 6.07) is 9.01. The second-order valence-corrected chi connectivity index (χ2v) is 4.90. The number of anilines is 2. The van der Waals surface area contributed by atoms with Gasteiger partial charge in [-0.25, -0.2) is 15.8 Å². The van der Waals surface area contributed by atoms with Crippen molar-refractivity contribution < 1.29 is 4.79 Å². The lowest BCUT2D eigenvalue weighted by Crippen LogP contribution is -2.15. The fourth-order valence-corrected chi connectivity index (χ4v) is 2.41. The minimum atomic E-state index is -0.241. The molecule has 0 radical (unpaired) electrons. The summed E-state index contributed by atoms with van der Waals surface area (Å²) in [4.78, 5) is 20.7. The molecule has 7 heteroatoms. The zero-order valence-corrected chi connectivity index (χ0v) is 11.1. The highest BCUT2D eigenvalue weighted by atomic mass is 32.1. The number of carbonyl (C=O) groups is 1. The van der Waals surface area contributed by atoms with Crippen LogP contribution in [0, 0.1) is 0 Å². The summed E-state index contributed by atoms with van der Waals surface area (Å²) < 4.78 is 0. The van der Waals surface area contributed by atoms with Gasteiger partial charge < -0.3 is 5.43 Å². The molecule has 4 N–H and O–H groups in total. The summed E-state index contributed by atoms with van der Waals surface area (Å²) in [5.41, 5.74) is 3.67. The van der Waals surface area contributed by atoms with E-state index in [0.29, 0.717) is 22.0 Å². The predicted molar refractivity (Wildman–Crippen MR) is 79.6 cm³/mol. The van der Waals surface area contributed by atoms with E-state index >= 15 is 0 Å². The normalized spacial score (nSPS) is 10.4. The number of nitrogen functional groups attached to an aromatic ring is 1. The highest BCUT2D eigenvalue weighted by molar-refractivity contribution is 7.13. The Morgan fingerprint density at radius 2 is 2.15 bits per heavy atom. The molecule has 100 valence electrons. The summed E-state index contributed by atoms with van der Waals surface area (Å²) in [5.74, 6) is 5.59. The number of nitrogens with one attached hydrogen (secondary N) is 2. The van der Waals surface area contributed by atoms with Crippen LogP contribution >= 0.6 is 11.3 Å². The van der Waals surface area contributed by atoms with Gasteiger partial charge in [-0.15, -0.1) is 11.3 Å². The van der Waals surface area contributed by atoms with Crippen LogP contribution < -0.4 is 16.6 Å². The second-order valence-electron chi connectivity index (χ2n) is 4.01. The van der Waals surface area contributed by atoms with E-state index in [9.17, 15) is 4.79 Å². The van der Waals surface area contributed by atoms with Crippen molar-refractivity contribution >= 4 is 39.1 Å². The lowest BCUT2D eigenvalue weighted by atomic mass is 10.1. The molecule has 0 fully saturated rings. The van der Waals surface area contributed by atoms with Crippen LogP contribution in [0.2, 0.25) is 0 Å². The van der Waals surface area contributed by atoms with Crippen LogP contribution in [0.3, 0.4) is 0 Å². The third-order valence-corrected chi connectivity index (χ3v) is 3.45. The van der Waals surface area contributed by atoms with Gasteiger partial charge in [0.05, 0.1) is 11.1 Å². The molecule has 0 aliphatic heterocycles. The maximum absolute atomic E-state index is 12.4. The molecule has 0 atom stereocenters. The minimum absolute atomic E-state index is 0.241. The lowest BCUT2D eigenvalue weighted by Gasteiger charge is -2.08. The van der Waals surface area contributed by atoms with Crippen LogP contribution in [0.4, 0.5) is 10.9 Å². The Morgan fingerprint density at radius 1 is 1.30 bits per heavy atom. The number of thiazole rings is 1. The van der Waals surface area contributed by atoms with Gasteiger partial charge >= 0.3 is 0 Å². The molecule has 1 aromatic carbocycles. The van der Waals surface area contributed by atoms with Crippen molar-refractivity contribution in [2.75, 3.05) is 10.7 Å². The van der Waals surface area contributed by atoms with Gasteiger partial charge in [-0.05, 0) is 12.1 Å². The highest BCUT2D eigenvalue weighted by Gasteiger charge is 2.13. The van der Waals surface area contributed by atoms with Crippen molar-refractivity contribution in [1.29, 1.82) is 0 Å². The average molecular weight is 285 g/mol. The Bertz CT molecular complexity index is 757. The van der Waals surface area contributed by atoms with E-state index < -0.39 is 0 Å². The summed E-state index contributed by atoms with van der Waals surface area (Å²) in [6.07, 6.45) is 1.64. The molecule has 2 aromatic heterocycles. The quantitative estimate of drug-likeness (QED) is 0.507. The smallest absolute Gasteiger partial charge is 0.258 e. The molecule has 0 aliphatic carbocycles. The van der Waals surface area contributed by atoms with Crippen molar-refractivity contribution in [2.24, 2.45) is 5.84 Å². The lowest BCUT2D eigenvalue weighted by molar-refractivity contribution is 0.102. The Morgan fingerprint density at radius 3 is 2.90 bits per heavy atom. The Balaban J connectivity index is 2.07. The first-order chi connectivity index (χ1) is 9.78. The molecule has 3 rings (SSSR count). The van der Waals surface area contributed by atoms with E-state index in [1.54, 1.807) is 17.6 Å². The van der Waals surface area contributed by atoms with Gasteiger partial charge in [-0.2, -0.15) is 0 Å². The number of pyridine rings is 1. The number of hydrogen-bond acceptors (Lipinski definition) is 6. The van der Waals surface area contributed by atoms with Gasteiger partial charge in [0, 0.05) is 17.0 Å². The number of amides is 1. The molecule has 0 aliphatic rings. The zero-order valence-electron chi connectivity index (χ0n) is 10.3. The number of carbonyl (C=O) groups excluding carboxylic acids is 1. The minimum Gasteiger partial charge on any atom is -0.308 e. The number of benzene rings is 1. The van der Waals surface area contributed by atoms with Gasteiger partial charge in [0.2, 0.25) is 0 Å². The molecule has 3 aromatic rings. The molecule has 0 bridgehead atoms. The molecule has 0 unspecified atom stereocenters. The van der Waals surface area contributed by atoms with E-state index in [4.69, 9.17) is 5.84 Å². The van der Waals surface area contributed by atoms with Crippen LogP contribution in [-0.2, 0) is 0 Å². The summed E-state index contributed by atoms with van der Waals surface area (Å²) >= 11 is 1.36. The van der Waals surface area contributed by atoms with Crippen LogP contribution in [-0.4, -0.2) is 15.9 Å². The maximum Gasteiger partial charge on any atom is 0.258 e. The monoisotopic (exact) mass is 285 g/mol. The highest BCUT2D eigenvalue weighted by Crippen LogP contribution is 2.22. The molecule has 0 spiro atoms. The number of aromatic nitrogens is 2. The molecular weight excluding hydrogens is 274 g/mol. The molecule has 20 heavy (non-hydrogen) atoms. The Labute approximate surface area is 118 Å². The zero-order chi connectivity index (χ0) is 13.9. The Hall–Kier alpha value is -2.51. The topological polar surface area (TPSA) is 92.9 Å². The van der Waals surface area contributed by atoms with Gasteiger partial charge in [-0.3, -0.25) is 10.1 Å². The first-order valence-corrected chi connectivity index (χ1v) is 6.73. The number of hydrazine groups is 1. The molecular formula is C13H11N5OS. The third-order valence-electron chi connectivity index (χ3n) is 2.76. The van der Waals surface area contributed by atoms with Gasteiger partial charge in [-0.1, -0.05) is 18.2 Å². The SMILES string of the molecule is NNc1cc(C(=O)Nc2nccs2)c2ccccc2n1. The van der Waals surface area contributed by atoms with E-state index in [1.807, 2.05) is 24.3 Å². The van der Waals surface area contributed by atoms with Gasteiger partial charge in [0.15, 0.2) is 5.13 Å². The number of fused-ring (bicyclic) bond motifs is 1. The van der Waals surface area contributed by atoms with Crippen LogP contribution in [0.5, 0.6) is 0 Å². The number of nitrogens with zero attached hydrogens (tertiary/aromatic N) is 2. The fraction of sp³-hybridized carbons (Fsp3) is 0. The number of nitrogens with two attached hydrogens (primary N) is 1. The third kappa shape index (κ3) is 2.31. The van der Waals surface area contributed by atoms with Gasteiger partial charge in [0.25, 0.3) is 5.91 Å². The molecule has 1 amide bonds. The number of rotatable bonds is 3. The van der Waals surface area contributed by atoms with Crippen molar-refractivity contribution in [3.05, 3.63) is 47.5 Å². The van der Waals surface area contributed by atoms with E-state index in [1.165, 1.54) is 11.3 Å². The van der Waals surface area contributed by atoms with E-state index in [0.717, 1.165) is 5.39 Å². The number of hydrogen-bond donors (Lipinski definition) is 3. The van der Waals surface area contributed by atoms with Crippen molar-refractivity contribution in [1.82, 2.24) is 9.97 Å². The van der Waals surface area contributed by atoms with Crippen LogP contribution in [0.15, 0.2) is 41.9 Å². The van der Waals surface area contributed by atoms with Crippen molar-refractivity contribution in [3.63, 3.8) is 0 Å². The molecule has 0 saturated carbocycles. The largest absolute Gasteiger partial charge is 0.308 e.